The Labute approximate surface area is 174 Å². The number of aromatic nitrogens is 2. The number of hydrogen-bond donors (Lipinski definition) is 1. The Morgan fingerprint density at radius 2 is 1.93 bits per heavy atom. The summed E-state index contributed by atoms with van der Waals surface area (Å²) in [5.41, 5.74) is 2.30. The van der Waals surface area contributed by atoms with Crippen molar-refractivity contribution in [3.8, 4) is 11.1 Å². The molecule has 152 valence electrons. The molecule has 0 radical (unpaired) electrons. The fourth-order valence-corrected chi connectivity index (χ4v) is 6.12. The summed E-state index contributed by atoms with van der Waals surface area (Å²) in [7, 11) is -3.48. The summed E-state index contributed by atoms with van der Waals surface area (Å²) in [5.74, 6) is 2.42. The van der Waals surface area contributed by atoms with Crippen molar-refractivity contribution in [3.05, 3.63) is 41.5 Å². The number of fused-ring (bicyclic) bond motifs is 1. The molecule has 2 fully saturated rings. The van der Waals surface area contributed by atoms with E-state index in [0.29, 0.717) is 12.5 Å². The Hall–Kier alpha value is -2.03. The molecule has 1 saturated carbocycles. The maximum absolute atomic E-state index is 11.6. The molecule has 29 heavy (non-hydrogen) atoms. The summed E-state index contributed by atoms with van der Waals surface area (Å²) in [6, 6.07) is 10.3. The average molecular weight is 429 g/mol. The molecule has 2 aromatic heterocycles. The number of rotatable bonds is 5. The Kier molecular flexibility index (Phi) is 4.80. The molecule has 1 aliphatic carbocycles. The van der Waals surface area contributed by atoms with E-state index in [1.54, 1.807) is 11.3 Å². The van der Waals surface area contributed by atoms with Gasteiger partial charge in [0.15, 0.2) is 0 Å². The Balaban J connectivity index is 1.60. The van der Waals surface area contributed by atoms with Crippen LogP contribution in [-0.4, -0.2) is 37.2 Å². The van der Waals surface area contributed by atoms with Crippen molar-refractivity contribution in [2.75, 3.05) is 23.7 Å². The van der Waals surface area contributed by atoms with Crippen LogP contribution in [0.4, 0.5) is 5.82 Å². The lowest BCUT2D eigenvalue weighted by Gasteiger charge is -2.34. The van der Waals surface area contributed by atoms with E-state index in [2.05, 4.69) is 22.4 Å². The fourth-order valence-electron chi connectivity index (χ4n) is 4.24. The molecule has 1 saturated heterocycles. The lowest BCUT2D eigenvalue weighted by molar-refractivity contribution is 0.442. The van der Waals surface area contributed by atoms with Crippen LogP contribution in [0.3, 0.4) is 0 Å². The van der Waals surface area contributed by atoms with E-state index in [4.69, 9.17) is 15.1 Å². The molecule has 2 N–H and O–H groups in total. The molecule has 8 heteroatoms. The molecule has 2 aliphatic rings. The maximum Gasteiger partial charge on any atom is 0.209 e. The number of primary sulfonamides is 1. The third kappa shape index (κ3) is 4.01. The first-order chi connectivity index (χ1) is 14.0. The predicted molar refractivity (Wildman–Crippen MR) is 118 cm³/mol. The summed E-state index contributed by atoms with van der Waals surface area (Å²) >= 11 is 1.66. The van der Waals surface area contributed by atoms with Gasteiger partial charge in [-0.05, 0) is 37.2 Å². The monoisotopic (exact) mass is 428 g/mol. The highest BCUT2D eigenvalue weighted by Gasteiger charge is 2.31. The van der Waals surface area contributed by atoms with Gasteiger partial charge in [-0.1, -0.05) is 30.3 Å². The topological polar surface area (TPSA) is 89.2 Å². The summed E-state index contributed by atoms with van der Waals surface area (Å²) in [6.45, 7) is 1.54. The van der Waals surface area contributed by atoms with Crippen LogP contribution in [0.5, 0.6) is 0 Å². The Morgan fingerprint density at radius 1 is 1.14 bits per heavy atom. The number of nitrogens with two attached hydrogens (primary N) is 1. The van der Waals surface area contributed by atoms with E-state index < -0.39 is 10.0 Å². The number of thiophene rings is 1. The van der Waals surface area contributed by atoms with Gasteiger partial charge in [0, 0.05) is 30.0 Å². The van der Waals surface area contributed by atoms with E-state index in [0.717, 1.165) is 65.2 Å². The van der Waals surface area contributed by atoms with Gasteiger partial charge in [0.1, 0.15) is 16.5 Å². The molecule has 3 heterocycles. The molecule has 0 bridgehead atoms. The summed E-state index contributed by atoms with van der Waals surface area (Å²) in [4.78, 5) is 13.2. The zero-order valence-corrected chi connectivity index (χ0v) is 17.8. The number of benzene rings is 1. The third-order valence-electron chi connectivity index (χ3n) is 5.75. The molecule has 5 rings (SSSR count). The van der Waals surface area contributed by atoms with Crippen LogP contribution in [0, 0.1) is 5.92 Å². The van der Waals surface area contributed by atoms with Gasteiger partial charge in [-0.25, -0.2) is 23.5 Å². The minimum absolute atomic E-state index is 0.0301. The van der Waals surface area contributed by atoms with Crippen molar-refractivity contribution in [3.63, 3.8) is 0 Å². The third-order valence-corrected chi connectivity index (χ3v) is 7.55. The zero-order chi connectivity index (χ0) is 20.0. The number of hydrogen-bond acceptors (Lipinski definition) is 6. The van der Waals surface area contributed by atoms with Gasteiger partial charge in [0.2, 0.25) is 10.0 Å². The zero-order valence-electron chi connectivity index (χ0n) is 16.1. The molecule has 1 atom stereocenters. The normalized spacial score (nSPS) is 20.3. The highest BCUT2D eigenvalue weighted by atomic mass is 32.2. The van der Waals surface area contributed by atoms with Crippen LogP contribution in [0.15, 0.2) is 35.7 Å². The molecule has 1 unspecified atom stereocenters. The van der Waals surface area contributed by atoms with Gasteiger partial charge >= 0.3 is 0 Å². The first-order valence-corrected chi connectivity index (χ1v) is 12.7. The predicted octanol–water partition coefficient (Wildman–Crippen LogP) is 3.74. The molecular formula is C21H24N4O2S2. The summed E-state index contributed by atoms with van der Waals surface area (Å²) in [5, 5.41) is 8.58. The van der Waals surface area contributed by atoms with Crippen molar-refractivity contribution in [2.24, 2.45) is 11.1 Å². The van der Waals surface area contributed by atoms with Crippen molar-refractivity contribution < 1.29 is 8.42 Å². The summed E-state index contributed by atoms with van der Waals surface area (Å²) in [6.07, 6.45) is 4.12. The van der Waals surface area contributed by atoms with Gasteiger partial charge in [0.05, 0.1) is 11.1 Å². The van der Waals surface area contributed by atoms with Crippen molar-refractivity contribution in [1.82, 2.24) is 9.97 Å². The minimum Gasteiger partial charge on any atom is -0.356 e. The van der Waals surface area contributed by atoms with E-state index in [1.807, 2.05) is 18.2 Å². The van der Waals surface area contributed by atoms with Gasteiger partial charge in [-0.2, -0.15) is 0 Å². The molecule has 0 amide bonds. The smallest absolute Gasteiger partial charge is 0.209 e. The number of nitrogens with zero attached hydrogens (tertiary/aromatic N) is 3. The lowest BCUT2D eigenvalue weighted by Crippen LogP contribution is -2.40. The molecule has 1 aliphatic heterocycles. The molecule has 1 aromatic carbocycles. The van der Waals surface area contributed by atoms with Gasteiger partial charge in [0.25, 0.3) is 0 Å². The van der Waals surface area contributed by atoms with Crippen LogP contribution in [-0.2, 0) is 10.0 Å². The van der Waals surface area contributed by atoms with Crippen LogP contribution < -0.4 is 10.0 Å². The van der Waals surface area contributed by atoms with Gasteiger partial charge in [-0.3, -0.25) is 0 Å². The van der Waals surface area contributed by atoms with Crippen molar-refractivity contribution in [1.29, 1.82) is 0 Å². The van der Waals surface area contributed by atoms with Crippen LogP contribution in [0.25, 0.3) is 21.3 Å². The molecule has 3 aromatic rings. The van der Waals surface area contributed by atoms with Crippen molar-refractivity contribution >= 4 is 37.4 Å². The number of piperidine rings is 1. The van der Waals surface area contributed by atoms with E-state index in [1.165, 1.54) is 0 Å². The molecule has 0 spiro atoms. The van der Waals surface area contributed by atoms with Gasteiger partial charge < -0.3 is 4.90 Å². The standard InChI is InChI=1S/C21H24N4O2S2/c22-29(26,27)13-14-5-4-10-25(11-14)20-18-17(15-6-2-1-3-7-15)12-28-21(18)24-19(23-20)16-8-9-16/h1-3,6-7,12,14,16H,4-5,8-11,13H2,(H2,22,26,27). The molecule has 6 nitrogen and oxygen atoms in total. The minimum atomic E-state index is -3.48. The largest absolute Gasteiger partial charge is 0.356 e. The van der Waals surface area contributed by atoms with E-state index in [9.17, 15) is 8.42 Å². The second kappa shape index (κ2) is 7.34. The first kappa shape index (κ1) is 19.0. The van der Waals surface area contributed by atoms with E-state index >= 15 is 0 Å². The Morgan fingerprint density at radius 3 is 2.66 bits per heavy atom. The van der Waals surface area contributed by atoms with Crippen LogP contribution >= 0.6 is 11.3 Å². The first-order valence-electron chi connectivity index (χ1n) is 10.1. The number of anilines is 1. The van der Waals surface area contributed by atoms with Crippen LogP contribution in [0.2, 0.25) is 0 Å². The second-order valence-electron chi connectivity index (χ2n) is 8.16. The van der Waals surface area contributed by atoms with E-state index in [-0.39, 0.29) is 11.7 Å². The fraction of sp³-hybridized carbons (Fsp3) is 0.429. The summed E-state index contributed by atoms with van der Waals surface area (Å²) < 4.78 is 23.3. The average Bonchev–Trinajstić information content (AvgIpc) is 3.46. The molecular weight excluding hydrogens is 404 g/mol. The van der Waals surface area contributed by atoms with Crippen LogP contribution in [0.1, 0.15) is 37.4 Å². The lowest BCUT2D eigenvalue weighted by atomic mass is 9.99. The second-order valence-corrected chi connectivity index (χ2v) is 10.7. The Bertz CT molecular complexity index is 1140. The maximum atomic E-state index is 11.6. The van der Waals surface area contributed by atoms with Crippen molar-refractivity contribution in [2.45, 2.75) is 31.6 Å². The highest BCUT2D eigenvalue weighted by Crippen LogP contribution is 2.44. The quantitative estimate of drug-likeness (QED) is 0.669. The SMILES string of the molecule is NS(=O)(=O)CC1CCCN(c2nc(C3CC3)nc3scc(-c4ccccc4)c23)C1. The van der Waals surface area contributed by atoms with Gasteiger partial charge in [-0.15, -0.1) is 11.3 Å². The highest BCUT2D eigenvalue weighted by molar-refractivity contribution is 7.89. The number of sulfonamides is 1.